The van der Waals surface area contributed by atoms with E-state index >= 15 is 0 Å². The predicted octanol–water partition coefficient (Wildman–Crippen LogP) is 3.20. The standard InChI is InChI=1S/C14H31NO/c1-6-8-15-14(7-9-16,10-12(2)3)11-13(4)5/h12-13,15-16H,6-11H2,1-5H3. The summed E-state index contributed by atoms with van der Waals surface area (Å²) in [6.45, 7) is 12.6. The van der Waals surface area contributed by atoms with Gasteiger partial charge in [0.2, 0.25) is 0 Å². The van der Waals surface area contributed by atoms with E-state index in [0.29, 0.717) is 11.8 Å². The molecule has 0 spiro atoms. The summed E-state index contributed by atoms with van der Waals surface area (Å²) < 4.78 is 0. The Hall–Kier alpha value is -0.0800. The van der Waals surface area contributed by atoms with E-state index in [1.165, 1.54) is 0 Å². The van der Waals surface area contributed by atoms with Crippen molar-refractivity contribution in [2.24, 2.45) is 11.8 Å². The maximum absolute atomic E-state index is 9.29. The van der Waals surface area contributed by atoms with Crippen LogP contribution in [0.1, 0.15) is 60.3 Å². The van der Waals surface area contributed by atoms with Crippen molar-refractivity contribution < 1.29 is 5.11 Å². The molecule has 16 heavy (non-hydrogen) atoms. The molecule has 0 aliphatic carbocycles. The highest BCUT2D eigenvalue weighted by Gasteiger charge is 2.30. The molecule has 2 heteroatoms. The quantitative estimate of drug-likeness (QED) is 0.636. The third kappa shape index (κ3) is 6.49. The molecule has 0 saturated carbocycles. The van der Waals surface area contributed by atoms with Crippen molar-refractivity contribution in [3.05, 3.63) is 0 Å². The van der Waals surface area contributed by atoms with Gasteiger partial charge in [-0.15, -0.1) is 0 Å². The van der Waals surface area contributed by atoms with E-state index in [1.54, 1.807) is 0 Å². The van der Waals surface area contributed by atoms with Crippen molar-refractivity contribution in [2.45, 2.75) is 65.8 Å². The van der Waals surface area contributed by atoms with Crippen molar-refractivity contribution in [3.8, 4) is 0 Å². The fourth-order valence-corrected chi connectivity index (χ4v) is 2.69. The van der Waals surface area contributed by atoms with Crippen molar-refractivity contribution in [3.63, 3.8) is 0 Å². The molecule has 0 aliphatic rings. The summed E-state index contributed by atoms with van der Waals surface area (Å²) in [5.74, 6) is 1.35. The molecular formula is C14H31NO. The van der Waals surface area contributed by atoms with Crippen molar-refractivity contribution >= 4 is 0 Å². The van der Waals surface area contributed by atoms with Crippen LogP contribution in [0.15, 0.2) is 0 Å². The van der Waals surface area contributed by atoms with E-state index in [1.807, 2.05) is 0 Å². The molecule has 0 atom stereocenters. The summed E-state index contributed by atoms with van der Waals surface area (Å²) in [6.07, 6.45) is 4.35. The Labute approximate surface area is 102 Å². The van der Waals surface area contributed by atoms with Gasteiger partial charge in [0.05, 0.1) is 0 Å². The number of aliphatic hydroxyl groups is 1. The lowest BCUT2D eigenvalue weighted by Gasteiger charge is -2.38. The van der Waals surface area contributed by atoms with E-state index in [2.05, 4.69) is 39.9 Å². The normalized spacial score (nSPS) is 12.8. The van der Waals surface area contributed by atoms with Crippen LogP contribution in [0, 0.1) is 11.8 Å². The molecule has 0 bridgehead atoms. The number of hydrogen-bond acceptors (Lipinski definition) is 2. The number of nitrogens with one attached hydrogen (secondary N) is 1. The zero-order chi connectivity index (χ0) is 12.6. The molecule has 0 aromatic carbocycles. The Bertz CT molecular complexity index is 156. The molecule has 0 amide bonds. The molecule has 0 aromatic rings. The predicted molar refractivity (Wildman–Crippen MR) is 71.6 cm³/mol. The molecule has 2 nitrogen and oxygen atoms in total. The molecule has 0 saturated heterocycles. The maximum Gasteiger partial charge on any atom is 0.0448 e. The topological polar surface area (TPSA) is 32.3 Å². The fraction of sp³-hybridized carbons (Fsp3) is 1.00. The summed E-state index contributed by atoms with van der Waals surface area (Å²) in [5, 5.41) is 13.0. The first-order chi connectivity index (χ1) is 7.45. The van der Waals surface area contributed by atoms with E-state index in [0.717, 1.165) is 32.2 Å². The van der Waals surface area contributed by atoms with Gasteiger partial charge in [0.1, 0.15) is 0 Å². The van der Waals surface area contributed by atoms with E-state index in [9.17, 15) is 5.11 Å². The van der Waals surface area contributed by atoms with Gasteiger partial charge >= 0.3 is 0 Å². The third-order valence-electron chi connectivity index (χ3n) is 2.94. The molecule has 2 N–H and O–H groups in total. The molecule has 0 aliphatic heterocycles. The zero-order valence-corrected chi connectivity index (χ0v) is 11.8. The minimum atomic E-state index is 0.146. The summed E-state index contributed by atoms with van der Waals surface area (Å²) in [4.78, 5) is 0. The molecule has 0 fully saturated rings. The van der Waals surface area contributed by atoms with E-state index < -0.39 is 0 Å². The van der Waals surface area contributed by atoms with Crippen molar-refractivity contribution in [2.75, 3.05) is 13.2 Å². The molecule has 0 rings (SSSR count). The number of rotatable bonds is 9. The van der Waals surface area contributed by atoms with Crippen LogP contribution in [0.25, 0.3) is 0 Å². The molecule has 0 aromatic heterocycles. The largest absolute Gasteiger partial charge is 0.396 e. The van der Waals surface area contributed by atoms with Crippen LogP contribution < -0.4 is 5.32 Å². The van der Waals surface area contributed by atoms with Crippen molar-refractivity contribution in [1.29, 1.82) is 0 Å². The van der Waals surface area contributed by atoms with Gasteiger partial charge in [-0.2, -0.15) is 0 Å². The smallest absolute Gasteiger partial charge is 0.0448 e. The molecule has 0 radical (unpaired) electrons. The highest BCUT2D eigenvalue weighted by molar-refractivity contribution is 4.89. The van der Waals surface area contributed by atoms with Crippen LogP contribution >= 0.6 is 0 Å². The van der Waals surface area contributed by atoms with E-state index in [-0.39, 0.29) is 12.1 Å². The van der Waals surface area contributed by atoms with E-state index in [4.69, 9.17) is 0 Å². The highest BCUT2D eigenvalue weighted by Crippen LogP contribution is 2.28. The van der Waals surface area contributed by atoms with Crippen LogP contribution in [0.4, 0.5) is 0 Å². The van der Waals surface area contributed by atoms with Crippen molar-refractivity contribution in [1.82, 2.24) is 5.32 Å². The van der Waals surface area contributed by atoms with Gasteiger partial charge in [0.15, 0.2) is 0 Å². The monoisotopic (exact) mass is 229 g/mol. The van der Waals surface area contributed by atoms with Crippen LogP contribution in [0.2, 0.25) is 0 Å². The number of aliphatic hydroxyl groups excluding tert-OH is 1. The van der Waals surface area contributed by atoms with Gasteiger partial charge in [-0.05, 0) is 44.1 Å². The molecule has 0 unspecified atom stereocenters. The first-order valence-electron chi connectivity index (χ1n) is 6.81. The number of hydrogen-bond donors (Lipinski definition) is 2. The summed E-state index contributed by atoms with van der Waals surface area (Å²) in [7, 11) is 0. The Morgan fingerprint density at radius 3 is 1.88 bits per heavy atom. The van der Waals surface area contributed by atoms with Gasteiger partial charge in [-0.1, -0.05) is 34.6 Å². The molecular weight excluding hydrogens is 198 g/mol. The lowest BCUT2D eigenvalue weighted by molar-refractivity contribution is 0.160. The van der Waals surface area contributed by atoms with Crippen LogP contribution in [0.3, 0.4) is 0 Å². The lowest BCUT2D eigenvalue weighted by Crippen LogP contribution is -2.48. The second kappa shape index (κ2) is 8.08. The second-order valence-electron chi connectivity index (χ2n) is 5.88. The Kier molecular flexibility index (Phi) is 8.04. The first kappa shape index (κ1) is 15.9. The average Bonchev–Trinajstić information content (AvgIpc) is 2.13. The SMILES string of the molecule is CCCNC(CCO)(CC(C)C)CC(C)C. The summed E-state index contributed by atoms with van der Waals surface area (Å²) in [5.41, 5.74) is 0.146. The van der Waals surface area contributed by atoms with Crippen LogP contribution in [-0.2, 0) is 0 Å². The third-order valence-corrected chi connectivity index (χ3v) is 2.94. The van der Waals surface area contributed by atoms with Gasteiger partial charge < -0.3 is 10.4 Å². The fourth-order valence-electron chi connectivity index (χ4n) is 2.69. The molecule has 98 valence electrons. The Morgan fingerprint density at radius 1 is 1.06 bits per heavy atom. The minimum Gasteiger partial charge on any atom is -0.396 e. The van der Waals surface area contributed by atoms with Crippen LogP contribution in [0.5, 0.6) is 0 Å². The minimum absolute atomic E-state index is 0.146. The van der Waals surface area contributed by atoms with Gasteiger partial charge in [-0.25, -0.2) is 0 Å². The summed E-state index contributed by atoms with van der Waals surface area (Å²) in [6, 6.07) is 0. The van der Waals surface area contributed by atoms with Crippen LogP contribution in [-0.4, -0.2) is 23.8 Å². The molecule has 0 heterocycles. The maximum atomic E-state index is 9.29. The first-order valence-corrected chi connectivity index (χ1v) is 6.81. The van der Waals surface area contributed by atoms with Gasteiger partial charge in [-0.3, -0.25) is 0 Å². The lowest BCUT2D eigenvalue weighted by atomic mass is 9.79. The summed E-state index contributed by atoms with van der Waals surface area (Å²) >= 11 is 0. The van der Waals surface area contributed by atoms with Gasteiger partial charge in [0, 0.05) is 12.1 Å². The Balaban J connectivity index is 4.58. The zero-order valence-electron chi connectivity index (χ0n) is 11.8. The highest BCUT2D eigenvalue weighted by atomic mass is 16.3. The Morgan fingerprint density at radius 2 is 1.56 bits per heavy atom. The second-order valence-corrected chi connectivity index (χ2v) is 5.88. The average molecular weight is 229 g/mol. The van der Waals surface area contributed by atoms with Gasteiger partial charge in [0.25, 0.3) is 0 Å².